The molecule has 0 spiro atoms. The van der Waals surface area contributed by atoms with Gasteiger partial charge >= 0.3 is 5.97 Å². The van der Waals surface area contributed by atoms with Crippen LogP contribution in [0, 0.1) is 0 Å². The van der Waals surface area contributed by atoms with E-state index in [0.717, 1.165) is 31.2 Å². The van der Waals surface area contributed by atoms with Gasteiger partial charge in [0.2, 0.25) is 5.91 Å². The van der Waals surface area contributed by atoms with Gasteiger partial charge < -0.3 is 25.0 Å². The lowest BCUT2D eigenvalue weighted by atomic mass is 9.87. The van der Waals surface area contributed by atoms with Crippen LogP contribution in [0.25, 0.3) is 0 Å². The highest BCUT2D eigenvalue weighted by atomic mass is 16.5. The van der Waals surface area contributed by atoms with Gasteiger partial charge in [-0.05, 0) is 18.9 Å². The first kappa shape index (κ1) is 21.2. The number of benzene rings is 1. The first-order chi connectivity index (χ1) is 15.0. The van der Waals surface area contributed by atoms with Gasteiger partial charge in [-0.25, -0.2) is 0 Å². The lowest BCUT2D eigenvalue weighted by molar-refractivity contribution is -0.141. The Hall–Kier alpha value is -3.03. The SMILES string of the molecule is COC(=O)CC1NC(=O)C2=C1NC1CCCCC1N(C(C)=O)C2c1ccccc1OC. The third-order valence-corrected chi connectivity index (χ3v) is 6.56. The van der Waals surface area contributed by atoms with Crippen molar-refractivity contribution in [2.45, 2.75) is 63.2 Å². The molecule has 0 radical (unpaired) electrons. The largest absolute Gasteiger partial charge is 0.496 e. The molecule has 0 aromatic heterocycles. The Morgan fingerprint density at radius 2 is 1.87 bits per heavy atom. The van der Waals surface area contributed by atoms with Crippen molar-refractivity contribution in [1.82, 2.24) is 15.5 Å². The molecule has 1 aromatic rings. The van der Waals surface area contributed by atoms with Crippen molar-refractivity contribution in [2.75, 3.05) is 14.2 Å². The smallest absolute Gasteiger partial charge is 0.308 e. The van der Waals surface area contributed by atoms with E-state index in [1.54, 1.807) is 14.0 Å². The third-order valence-electron chi connectivity index (χ3n) is 6.56. The number of hydrogen-bond donors (Lipinski definition) is 2. The minimum absolute atomic E-state index is 0.00945. The molecule has 1 fully saturated rings. The Morgan fingerprint density at radius 3 is 2.58 bits per heavy atom. The summed E-state index contributed by atoms with van der Waals surface area (Å²) >= 11 is 0. The molecule has 8 heteroatoms. The molecular formula is C23H29N3O5. The summed E-state index contributed by atoms with van der Waals surface area (Å²) in [7, 11) is 2.92. The van der Waals surface area contributed by atoms with Gasteiger partial charge in [0.25, 0.3) is 5.91 Å². The van der Waals surface area contributed by atoms with Gasteiger partial charge in [0.15, 0.2) is 0 Å². The van der Waals surface area contributed by atoms with Gasteiger partial charge in [0.1, 0.15) is 5.75 Å². The summed E-state index contributed by atoms with van der Waals surface area (Å²) < 4.78 is 10.5. The molecule has 3 aliphatic rings. The average Bonchev–Trinajstić information content (AvgIpc) is 2.97. The normalized spacial score (nSPS) is 27.5. The molecule has 4 unspecified atom stereocenters. The Balaban J connectivity index is 1.91. The van der Waals surface area contributed by atoms with Crippen LogP contribution in [0.3, 0.4) is 0 Å². The molecular weight excluding hydrogens is 398 g/mol. The lowest BCUT2D eigenvalue weighted by Gasteiger charge is -2.42. The topological polar surface area (TPSA) is 97.0 Å². The van der Waals surface area contributed by atoms with Gasteiger partial charge in [0, 0.05) is 24.2 Å². The molecule has 1 aromatic carbocycles. The first-order valence-corrected chi connectivity index (χ1v) is 10.8. The highest BCUT2D eigenvalue weighted by molar-refractivity contribution is 6.00. The lowest BCUT2D eigenvalue weighted by Crippen LogP contribution is -2.54. The molecule has 4 atom stereocenters. The fourth-order valence-corrected chi connectivity index (χ4v) is 5.23. The molecule has 0 bridgehead atoms. The maximum Gasteiger partial charge on any atom is 0.308 e. The van der Waals surface area contributed by atoms with Gasteiger partial charge in [-0.2, -0.15) is 0 Å². The fraction of sp³-hybridized carbons (Fsp3) is 0.522. The van der Waals surface area contributed by atoms with Crippen molar-refractivity contribution >= 4 is 17.8 Å². The zero-order valence-electron chi connectivity index (χ0n) is 18.1. The van der Waals surface area contributed by atoms with E-state index in [2.05, 4.69) is 10.6 Å². The summed E-state index contributed by atoms with van der Waals surface area (Å²) in [6.07, 6.45) is 3.85. The highest BCUT2D eigenvalue weighted by Gasteiger charge is 2.48. The summed E-state index contributed by atoms with van der Waals surface area (Å²) in [5.41, 5.74) is 1.92. The minimum atomic E-state index is -0.605. The Labute approximate surface area is 181 Å². The average molecular weight is 428 g/mol. The number of methoxy groups -OCH3 is 2. The third kappa shape index (κ3) is 3.75. The van der Waals surface area contributed by atoms with Crippen LogP contribution in [0.5, 0.6) is 5.75 Å². The van der Waals surface area contributed by atoms with Crippen LogP contribution in [-0.4, -0.2) is 55.0 Å². The number of hydrogen-bond acceptors (Lipinski definition) is 6. The number of ether oxygens (including phenoxy) is 2. The molecule has 1 saturated carbocycles. The standard InChI is InChI=1S/C23H29N3O5/c1-13(27)26-17-10-6-5-9-15(17)24-21-16(12-19(28)31-3)25-23(29)20(21)22(26)14-8-4-7-11-18(14)30-2/h4,7-8,11,15-17,22,24H,5-6,9-10,12H2,1-3H3,(H,25,29). The van der Waals surface area contributed by atoms with Crippen LogP contribution >= 0.6 is 0 Å². The molecule has 31 heavy (non-hydrogen) atoms. The number of fused-ring (bicyclic) bond motifs is 1. The quantitative estimate of drug-likeness (QED) is 0.712. The summed E-state index contributed by atoms with van der Waals surface area (Å²) in [6.45, 7) is 1.55. The van der Waals surface area contributed by atoms with E-state index in [9.17, 15) is 14.4 Å². The summed E-state index contributed by atoms with van der Waals surface area (Å²) in [4.78, 5) is 40.2. The van der Waals surface area contributed by atoms with Crippen LogP contribution < -0.4 is 15.4 Å². The summed E-state index contributed by atoms with van der Waals surface area (Å²) in [6, 6.07) is 6.31. The van der Waals surface area contributed by atoms with Crippen LogP contribution in [-0.2, 0) is 19.1 Å². The second kappa shape index (κ2) is 8.61. The van der Waals surface area contributed by atoms with Crippen molar-refractivity contribution in [3.63, 3.8) is 0 Å². The molecule has 4 rings (SSSR count). The maximum absolute atomic E-state index is 13.3. The van der Waals surface area contributed by atoms with E-state index in [1.165, 1.54) is 7.11 Å². The second-order valence-electron chi connectivity index (χ2n) is 8.31. The molecule has 2 aliphatic heterocycles. The molecule has 0 saturated heterocycles. The van der Waals surface area contributed by atoms with Gasteiger partial charge in [-0.15, -0.1) is 0 Å². The van der Waals surface area contributed by atoms with E-state index in [-0.39, 0.29) is 30.3 Å². The number of nitrogens with one attached hydrogen (secondary N) is 2. The Bertz CT molecular complexity index is 928. The predicted molar refractivity (Wildman–Crippen MR) is 113 cm³/mol. The monoisotopic (exact) mass is 427 g/mol. The van der Waals surface area contributed by atoms with Crippen molar-refractivity contribution in [3.8, 4) is 5.75 Å². The fourth-order valence-electron chi connectivity index (χ4n) is 5.23. The first-order valence-electron chi connectivity index (χ1n) is 10.8. The van der Waals surface area contributed by atoms with Gasteiger partial charge in [0.05, 0.1) is 44.3 Å². The molecule has 2 heterocycles. The van der Waals surface area contributed by atoms with E-state index in [0.29, 0.717) is 17.0 Å². The summed E-state index contributed by atoms with van der Waals surface area (Å²) in [5, 5.41) is 6.49. The summed E-state index contributed by atoms with van der Waals surface area (Å²) in [5.74, 6) is -0.156. The maximum atomic E-state index is 13.3. The number of para-hydroxylation sites is 1. The molecule has 166 valence electrons. The van der Waals surface area contributed by atoms with Crippen LogP contribution in [0.1, 0.15) is 50.6 Å². The number of nitrogens with zero attached hydrogens (tertiary/aromatic N) is 1. The zero-order valence-corrected chi connectivity index (χ0v) is 18.1. The zero-order chi connectivity index (χ0) is 22.1. The van der Waals surface area contributed by atoms with Crippen molar-refractivity contribution in [2.24, 2.45) is 0 Å². The Morgan fingerprint density at radius 1 is 1.13 bits per heavy atom. The van der Waals surface area contributed by atoms with Gasteiger partial charge in [-0.1, -0.05) is 31.0 Å². The second-order valence-corrected chi connectivity index (χ2v) is 8.31. The van der Waals surface area contributed by atoms with Crippen molar-refractivity contribution in [1.29, 1.82) is 0 Å². The van der Waals surface area contributed by atoms with Gasteiger partial charge in [-0.3, -0.25) is 14.4 Å². The predicted octanol–water partition coefficient (Wildman–Crippen LogP) is 1.81. The Kier molecular flexibility index (Phi) is 5.89. The van der Waals surface area contributed by atoms with Crippen molar-refractivity contribution in [3.05, 3.63) is 41.1 Å². The number of carbonyl (C=O) groups is 3. The van der Waals surface area contributed by atoms with E-state index in [1.807, 2.05) is 29.2 Å². The number of amides is 2. The van der Waals surface area contributed by atoms with E-state index < -0.39 is 18.1 Å². The van der Waals surface area contributed by atoms with Crippen LogP contribution in [0.15, 0.2) is 35.5 Å². The van der Waals surface area contributed by atoms with E-state index in [4.69, 9.17) is 9.47 Å². The number of esters is 1. The molecule has 1 aliphatic carbocycles. The minimum Gasteiger partial charge on any atom is -0.496 e. The van der Waals surface area contributed by atoms with Crippen molar-refractivity contribution < 1.29 is 23.9 Å². The number of carbonyl (C=O) groups excluding carboxylic acids is 3. The molecule has 8 nitrogen and oxygen atoms in total. The van der Waals surface area contributed by atoms with E-state index >= 15 is 0 Å². The van der Waals surface area contributed by atoms with Crippen LogP contribution in [0.4, 0.5) is 0 Å². The molecule has 2 amide bonds. The highest BCUT2D eigenvalue weighted by Crippen LogP contribution is 2.44. The number of rotatable bonds is 4. The molecule has 2 N–H and O–H groups in total. The van der Waals surface area contributed by atoms with Crippen LogP contribution in [0.2, 0.25) is 0 Å².